The van der Waals surface area contributed by atoms with Crippen LogP contribution in [-0.4, -0.2) is 68.8 Å². The molecule has 2 atom stereocenters. The molecule has 1 aromatic carbocycles. The maximum atomic E-state index is 13.3. The number of carbonyl (C=O) groups excluding carboxylic acids is 1. The van der Waals surface area contributed by atoms with Crippen LogP contribution in [0.2, 0.25) is 0 Å². The highest BCUT2D eigenvalue weighted by molar-refractivity contribution is 5.82. The molecule has 0 bridgehead atoms. The Morgan fingerprint density at radius 1 is 1.18 bits per heavy atom. The van der Waals surface area contributed by atoms with Crippen LogP contribution in [0.5, 0.6) is 0 Å². The Balaban J connectivity index is 1.35. The fourth-order valence-electron chi connectivity index (χ4n) is 5.24. The van der Waals surface area contributed by atoms with Crippen LogP contribution in [0, 0.1) is 0 Å². The van der Waals surface area contributed by atoms with Gasteiger partial charge in [0.1, 0.15) is 11.9 Å². The van der Waals surface area contributed by atoms with Gasteiger partial charge in [0.05, 0.1) is 25.1 Å². The van der Waals surface area contributed by atoms with Gasteiger partial charge in [0, 0.05) is 53.8 Å². The van der Waals surface area contributed by atoms with Crippen LogP contribution in [0.3, 0.4) is 0 Å². The molecular weight excluding hydrogens is 490 g/mol. The Labute approximate surface area is 229 Å². The standard InChI is InChI=1S/C30H37N7O2/c1-3-15-36(30(38)27-20-39-16-14-32-27)24(4-2)12-11-23-17-28(31)37-29(35-23)25(19-34-37)22-10-13-26(33-18-22)21-8-6-5-7-9-21/h5-10,13,17-19,24,27,32H,3-4,11-12,14-16,20,31H2,1-2H3/t24-,27?/m1/s1. The van der Waals surface area contributed by atoms with Crippen molar-refractivity contribution < 1.29 is 9.53 Å². The van der Waals surface area contributed by atoms with Crippen molar-refractivity contribution >= 4 is 17.4 Å². The number of amides is 1. The number of morpholine rings is 1. The van der Waals surface area contributed by atoms with Gasteiger partial charge < -0.3 is 20.7 Å². The van der Waals surface area contributed by atoms with Crippen LogP contribution in [-0.2, 0) is 16.0 Å². The lowest BCUT2D eigenvalue weighted by Crippen LogP contribution is -2.55. The highest BCUT2D eigenvalue weighted by Gasteiger charge is 2.30. The molecule has 1 fully saturated rings. The summed E-state index contributed by atoms with van der Waals surface area (Å²) in [7, 11) is 0. The first-order chi connectivity index (χ1) is 19.1. The molecule has 0 aliphatic carbocycles. The van der Waals surface area contributed by atoms with Crippen LogP contribution < -0.4 is 11.1 Å². The number of aromatic nitrogens is 4. The minimum atomic E-state index is -0.277. The van der Waals surface area contributed by atoms with Crippen LogP contribution >= 0.6 is 0 Å². The number of aryl methyl sites for hydroxylation is 1. The first-order valence-corrected chi connectivity index (χ1v) is 13.9. The van der Waals surface area contributed by atoms with Crippen molar-refractivity contribution in [3.63, 3.8) is 0 Å². The van der Waals surface area contributed by atoms with Crippen LogP contribution in [0.1, 0.15) is 38.8 Å². The number of nitrogens with two attached hydrogens (primary N) is 1. The zero-order valence-corrected chi connectivity index (χ0v) is 22.7. The number of hydrogen-bond acceptors (Lipinski definition) is 7. The molecule has 1 aliphatic heterocycles. The number of pyridine rings is 1. The van der Waals surface area contributed by atoms with Crippen LogP contribution in [0.25, 0.3) is 28.0 Å². The summed E-state index contributed by atoms with van der Waals surface area (Å²) in [6, 6.07) is 15.9. The van der Waals surface area contributed by atoms with E-state index in [0.29, 0.717) is 37.6 Å². The minimum absolute atomic E-state index is 0.111. The van der Waals surface area contributed by atoms with Gasteiger partial charge >= 0.3 is 0 Å². The molecule has 1 saturated heterocycles. The number of nitrogens with one attached hydrogen (secondary N) is 1. The van der Waals surface area contributed by atoms with Gasteiger partial charge in [-0.3, -0.25) is 9.78 Å². The van der Waals surface area contributed by atoms with Gasteiger partial charge in [-0.1, -0.05) is 50.2 Å². The quantitative estimate of drug-likeness (QED) is 0.321. The van der Waals surface area contributed by atoms with Crippen molar-refractivity contribution in [3.8, 4) is 22.4 Å². The van der Waals surface area contributed by atoms with E-state index >= 15 is 0 Å². The number of nitrogens with zero attached hydrogens (tertiary/aromatic N) is 5. The Bertz CT molecular complexity index is 1380. The molecule has 4 heterocycles. The number of ether oxygens (including phenoxy) is 1. The van der Waals surface area contributed by atoms with E-state index in [1.54, 1.807) is 10.7 Å². The number of carbonyl (C=O) groups is 1. The van der Waals surface area contributed by atoms with E-state index in [1.807, 2.05) is 59.6 Å². The maximum absolute atomic E-state index is 13.3. The van der Waals surface area contributed by atoms with Crippen LogP contribution in [0.15, 0.2) is 60.9 Å². The van der Waals surface area contributed by atoms with Crippen molar-refractivity contribution in [3.05, 3.63) is 66.6 Å². The normalized spacial score (nSPS) is 16.3. The summed E-state index contributed by atoms with van der Waals surface area (Å²) in [5.41, 5.74) is 11.8. The molecule has 5 rings (SSSR count). The first-order valence-electron chi connectivity index (χ1n) is 13.9. The Morgan fingerprint density at radius 2 is 2.03 bits per heavy atom. The zero-order valence-electron chi connectivity index (χ0n) is 22.7. The summed E-state index contributed by atoms with van der Waals surface area (Å²) >= 11 is 0. The average Bonchev–Trinajstić information content (AvgIpc) is 3.42. The van der Waals surface area contributed by atoms with E-state index in [0.717, 1.165) is 53.9 Å². The number of anilines is 1. The molecule has 9 nitrogen and oxygen atoms in total. The van der Waals surface area contributed by atoms with Gasteiger partial charge in [-0.2, -0.15) is 9.61 Å². The monoisotopic (exact) mass is 527 g/mol. The fraction of sp³-hybridized carbons (Fsp3) is 0.400. The third kappa shape index (κ3) is 5.94. The van der Waals surface area contributed by atoms with E-state index in [9.17, 15) is 4.79 Å². The van der Waals surface area contributed by atoms with Gasteiger partial charge in [0.15, 0.2) is 5.65 Å². The van der Waals surface area contributed by atoms with Crippen molar-refractivity contribution in [2.45, 2.75) is 51.6 Å². The molecule has 3 aromatic heterocycles. The van der Waals surface area contributed by atoms with E-state index in [2.05, 4.69) is 29.2 Å². The molecule has 9 heteroatoms. The van der Waals surface area contributed by atoms with E-state index in [1.165, 1.54) is 0 Å². The number of hydrogen-bond donors (Lipinski definition) is 2. The summed E-state index contributed by atoms with van der Waals surface area (Å²) in [6.45, 7) is 6.74. The summed E-state index contributed by atoms with van der Waals surface area (Å²) in [6.07, 6.45) is 6.93. The molecular formula is C30H37N7O2. The highest BCUT2D eigenvalue weighted by atomic mass is 16.5. The minimum Gasteiger partial charge on any atom is -0.384 e. The predicted molar refractivity (Wildman–Crippen MR) is 153 cm³/mol. The summed E-state index contributed by atoms with van der Waals surface area (Å²) in [4.78, 5) is 25.0. The van der Waals surface area contributed by atoms with Crippen molar-refractivity contribution in [1.29, 1.82) is 0 Å². The van der Waals surface area contributed by atoms with Gasteiger partial charge in [-0.25, -0.2) is 4.98 Å². The lowest BCUT2D eigenvalue weighted by molar-refractivity contribution is -0.139. The molecule has 204 valence electrons. The smallest absolute Gasteiger partial charge is 0.242 e. The predicted octanol–water partition coefficient (Wildman–Crippen LogP) is 3.98. The van der Waals surface area contributed by atoms with Crippen LogP contribution in [0.4, 0.5) is 5.82 Å². The molecule has 1 unspecified atom stereocenters. The SMILES string of the molecule is CCCN(C(=O)C1COCCN1)[C@H](CC)CCc1cc(N)n2ncc(-c3ccc(-c4ccccc4)nc3)c2n1. The molecule has 1 amide bonds. The Morgan fingerprint density at radius 3 is 2.72 bits per heavy atom. The Hall–Kier alpha value is -3.82. The first kappa shape index (κ1) is 26.8. The second-order valence-corrected chi connectivity index (χ2v) is 9.98. The molecule has 3 N–H and O–H groups in total. The average molecular weight is 528 g/mol. The summed E-state index contributed by atoms with van der Waals surface area (Å²) < 4.78 is 7.22. The molecule has 4 aromatic rings. The molecule has 0 radical (unpaired) electrons. The summed E-state index contributed by atoms with van der Waals surface area (Å²) in [5, 5.41) is 7.79. The van der Waals surface area contributed by atoms with Crippen molar-refractivity contribution in [1.82, 2.24) is 29.8 Å². The van der Waals surface area contributed by atoms with Gasteiger partial charge in [0.25, 0.3) is 0 Å². The second kappa shape index (κ2) is 12.4. The van der Waals surface area contributed by atoms with Crippen molar-refractivity contribution in [2.24, 2.45) is 0 Å². The third-order valence-electron chi connectivity index (χ3n) is 7.31. The lowest BCUT2D eigenvalue weighted by atomic mass is 10.0. The topological polar surface area (TPSA) is 111 Å². The highest BCUT2D eigenvalue weighted by Crippen LogP contribution is 2.27. The molecule has 0 saturated carbocycles. The van der Waals surface area contributed by atoms with Crippen molar-refractivity contribution in [2.75, 3.05) is 32.0 Å². The molecule has 0 spiro atoms. The van der Waals surface area contributed by atoms with E-state index in [4.69, 9.17) is 15.5 Å². The van der Waals surface area contributed by atoms with Gasteiger partial charge in [0.2, 0.25) is 5.91 Å². The third-order valence-corrected chi connectivity index (χ3v) is 7.31. The van der Waals surface area contributed by atoms with Gasteiger partial charge in [-0.05, 0) is 31.7 Å². The van der Waals surface area contributed by atoms with Gasteiger partial charge in [-0.15, -0.1) is 0 Å². The summed E-state index contributed by atoms with van der Waals surface area (Å²) in [5.74, 6) is 0.657. The number of rotatable bonds is 10. The molecule has 39 heavy (non-hydrogen) atoms. The van der Waals surface area contributed by atoms with E-state index in [-0.39, 0.29) is 18.0 Å². The second-order valence-electron chi connectivity index (χ2n) is 9.98. The van der Waals surface area contributed by atoms with E-state index < -0.39 is 0 Å². The number of fused-ring (bicyclic) bond motifs is 1. The number of nitrogen functional groups attached to an aromatic ring is 1. The maximum Gasteiger partial charge on any atom is 0.242 e. The molecule has 1 aliphatic rings. The fourth-order valence-corrected chi connectivity index (χ4v) is 5.24. The lowest BCUT2D eigenvalue weighted by Gasteiger charge is -2.35. The number of benzene rings is 1. The Kier molecular flexibility index (Phi) is 8.48. The zero-order chi connectivity index (χ0) is 27.2. The largest absolute Gasteiger partial charge is 0.384 e.